The number of alkyl halides is 3. The van der Waals surface area contributed by atoms with Gasteiger partial charge in [0.05, 0.1) is 5.71 Å². The van der Waals surface area contributed by atoms with Gasteiger partial charge in [-0.15, -0.1) is 13.2 Å². The standard InChI is InChI=1S/C18H21F3N4O/c1-9-7-17-4-2-3-11(17)15(17)13(25-9)6-12(22)10-5-14(16(23)24-8-10)26-18(19,20)21/h5-6,8-9,11,15,22,25H,2-4,7H2,1H3,(H2,23,24)/b13-6-,22-12?/t9?,11-,15+,17+/m0/s1. The first-order valence-electron chi connectivity index (χ1n) is 8.78. The molecule has 0 amide bonds. The molecule has 4 rings (SSSR count). The summed E-state index contributed by atoms with van der Waals surface area (Å²) in [4.78, 5) is 3.74. The van der Waals surface area contributed by atoms with E-state index >= 15 is 0 Å². The van der Waals surface area contributed by atoms with Crippen LogP contribution in [0.5, 0.6) is 5.75 Å². The van der Waals surface area contributed by atoms with Crippen molar-refractivity contribution >= 4 is 11.5 Å². The fraction of sp³-hybridized carbons (Fsp3) is 0.556. The predicted octanol–water partition coefficient (Wildman–Crippen LogP) is 3.61. The SMILES string of the molecule is CC1C[C@]23CCC[C@H]2[C@@H]3/C(=C/C(=N)c2cnc(N)c(OC(F)(F)F)c2)N1. The monoisotopic (exact) mass is 366 g/mol. The molecule has 8 heteroatoms. The maximum atomic E-state index is 12.5. The summed E-state index contributed by atoms with van der Waals surface area (Å²) in [6.45, 7) is 2.14. The quantitative estimate of drug-likeness (QED) is 0.714. The van der Waals surface area contributed by atoms with Crippen LogP contribution in [0.4, 0.5) is 19.0 Å². The molecule has 1 aliphatic heterocycles. The third-order valence-electron chi connectivity index (χ3n) is 5.96. The molecule has 0 radical (unpaired) electrons. The zero-order chi connectivity index (χ0) is 18.7. The van der Waals surface area contributed by atoms with Gasteiger partial charge in [0.1, 0.15) is 0 Å². The number of rotatable bonds is 3. The van der Waals surface area contributed by atoms with Crippen molar-refractivity contribution < 1.29 is 17.9 Å². The van der Waals surface area contributed by atoms with Gasteiger partial charge in [0, 0.05) is 29.4 Å². The van der Waals surface area contributed by atoms with Gasteiger partial charge in [0.15, 0.2) is 11.6 Å². The Morgan fingerprint density at radius 1 is 1.50 bits per heavy atom. The summed E-state index contributed by atoms with van der Waals surface area (Å²) in [6.07, 6.45) is 3.04. The number of piperidine rings is 1. The van der Waals surface area contributed by atoms with Crippen molar-refractivity contribution in [2.24, 2.45) is 17.3 Å². The molecule has 4 atom stereocenters. The molecular weight excluding hydrogens is 345 g/mol. The van der Waals surface area contributed by atoms with E-state index in [0.717, 1.165) is 18.2 Å². The molecular formula is C18H21F3N4O. The van der Waals surface area contributed by atoms with Crippen molar-refractivity contribution in [2.75, 3.05) is 5.73 Å². The molecule has 1 unspecified atom stereocenters. The molecule has 1 spiro atoms. The first-order chi connectivity index (χ1) is 12.2. The molecule has 26 heavy (non-hydrogen) atoms. The van der Waals surface area contributed by atoms with Crippen LogP contribution in [0.25, 0.3) is 0 Å². The van der Waals surface area contributed by atoms with Crippen LogP contribution in [-0.4, -0.2) is 23.1 Å². The fourth-order valence-electron chi connectivity index (χ4n) is 5.10. The second-order valence-electron chi connectivity index (χ2n) is 7.63. The predicted molar refractivity (Wildman–Crippen MR) is 90.7 cm³/mol. The maximum Gasteiger partial charge on any atom is 0.573 e. The number of hydrogen-bond acceptors (Lipinski definition) is 5. The van der Waals surface area contributed by atoms with Gasteiger partial charge in [-0.2, -0.15) is 0 Å². The van der Waals surface area contributed by atoms with Crippen LogP contribution in [0, 0.1) is 22.7 Å². The average molecular weight is 366 g/mol. The van der Waals surface area contributed by atoms with Crippen LogP contribution >= 0.6 is 0 Å². The second kappa shape index (κ2) is 5.62. The number of aromatic nitrogens is 1. The minimum absolute atomic E-state index is 0.0984. The van der Waals surface area contributed by atoms with Gasteiger partial charge in [-0.1, -0.05) is 6.42 Å². The number of nitrogens with two attached hydrogens (primary N) is 1. The van der Waals surface area contributed by atoms with Crippen molar-refractivity contribution in [3.05, 3.63) is 29.6 Å². The first-order valence-corrected chi connectivity index (χ1v) is 8.78. The van der Waals surface area contributed by atoms with Crippen molar-refractivity contribution in [1.29, 1.82) is 5.41 Å². The zero-order valence-corrected chi connectivity index (χ0v) is 14.4. The number of nitrogen functional groups attached to an aromatic ring is 1. The summed E-state index contributed by atoms with van der Waals surface area (Å²) in [6, 6.07) is 1.45. The molecule has 1 aromatic rings. The van der Waals surface area contributed by atoms with Crippen LogP contribution < -0.4 is 15.8 Å². The van der Waals surface area contributed by atoms with Gasteiger partial charge >= 0.3 is 6.36 Å². The summed E-state index contributed by atoms with van der Waals surface area (Å²) in [7, 11) is 0. The maximum absolute atomic E-state index is 12.5. The minimum Gasteiger partial charge on any atom is -0.402 e. The van der Waals surface area contributed by atoms with Crippen molar-refractivity contribution in [3.63, 3.8) is 0 Å². The number of anilines is 1. The van der Waals surface area contributed by atoms with Crippen LogP contribution in [0.2, 0.25) is 0 Å². The van der Waals surface area contributed by atoms with E-state index in [2.05, 4.69) is 22.0 Å². The zero-order valence-electron chi connectivity index (χ0n) is 14.4. The summed E-state index contributed by atoms with van der Waals surface area (Å²) in [5, 5.41) is 11.8. The second-order valence-corrected chi connectivity index (χ2v) is 7.63. The molecule has 2 heterocycles. The van der Waals surface area contributed by atoms with E-state index in [9.17, 15) is 13.2 Å². The van der Waals surface area contributed by atoms with Crippen LogP contribution in [0.1, 0.15) is 38.2 Å². The number of allylic oxidation sites excluding steroid dienone is 2. The molecule has 2 aliphatic carbocycles. The van der Waals surface area contributed by atoms with Gasteiger partial charge in [-0.25, -0.2) is 4.98 Å². The highest BCUT2D eigenvalue weighted by Gasteiger charge is 2.69. The van der Waals surface area contributed by atoms with Crippen molar-refractivity contribution in [2.45, 2.75) is 45.0 Å². The van der Waals surface area contributed by atoms with E-state index in [1.165, 1.54) is 25.5 Å². The van der Waals surface area contributed by atoms with Gasteiger partial charge in [-0.3, -0.25) is 0 Å². The Balaban J connectivity index is 1.58. The molecule has 5 nitrogen and oxygen atoms in total. The average Bonchev–Trinajstić information content (AvgIpc) is 2.98. The minimum atomic E-state index is -4.85. The van der Waals surface area contributed by atoms with Gasteiger partial charge < -0.3 is 21.2 Å². The van der Waals surface area contributed by atoms with Gasteiger partial charge in [-0.05, 0) is 49.7 Å². The Morgan fingerprint density at radius 3 is 3.00 bits per heavy atom. The summed E-state index contributed by atoms with van der Waals surface area (Å²) in [5.74, 6) is 0.183. The lowest BCUT2D eigenvalue weighted by Gasteiger charge is -2.30. The van der Waals surface area contributed by atoms with Gasteiger partial charge in [0.25, 0.3) is 0 Å². The number of ether oxygens (including phenoxy) is 1. The molecule has 0 aromatic carbocycles. The molecule has 3 aliphatic rings. The smallest absolute Gasteiger partial charge is 0.402 e. The molecule has 0 bridgehead atoms. The lowest BCUT2D eigenvalue weighted by molar-refractivity contribution is -0.274. The fourth-order valence-corrected chi connectivity index (χ4v) is 5.10. The molecule has 2 saturated carbocycles. The molecule has 140 valence electrons. The normalized spacial score (nSPS) is 34.0. The van der Waals surface area contributed by atoms with Crippen LogP contribution in [0.3, 0.4) is 0 Å². The van der Waals surface area contributed by atoms with E-state index in [-0.39, 0.29) is 17.1 Å². The van der Waals surface area contributed by atoms with Gasteiger partial charge in [0.2, 0.25) is 0 Å². The number of hydrogen-bond donors (Lipinski definition) is 3. The van der Waals surface area contributed by atoms with E-state index < -0.39 is 12.1 Å². The first kappa shape index (κ1) is 17.2. The Kier molecular flexibility index (Phi) is 3.71. The third kappa shape index (κ3) is 2.81. The third-order valence-corrected chi connectivity index (χ3v) is 5.96. The number of nitrogens with one attached hydrogen (secondary N) is 2. The molecule has 3 fully saturated rings. The molecule has 4 N–H and O–H groups in total. The molecule has 1 aromatic heterocycles. The highest BCUT2D eigenvalue weighted by molar-refractivity contribution is 6.07. The van der Waals surface area contributed by atoms with E-state index in [0.29, 0.717) is 23.3 Å². The van der Waals surface area contributed by atoms with Crippen LogP contribution in [-0.2, 0) is 0 Å². The lowest BCUT2D eigenvalue weighted by Crippen LogP contribution is -2.35. The summed E-state index contributed by atoms with van der Waals surface area (Å²) >= 11 is 0. The summed E-state index contributed by atoms with van der Waals surface area (Å²) in [5.41, 5.74) is 7.19. The van der Waals surface area contributed by atoms with Crippen LogP contribution in [0.15, 0.2) is 24.0 Å². The summed E-state index contributed by atoms with van der Waals surface area (Å²) < 4.78 is 41.3. The van der Waals surface area contributed by atoms with Crippen molar-refractivity contribution in [1.82, 2.24) is 10.3 Å². The Hall–Kier alpha value is -2.25. The topological polar surface area (TPSA) is 84.0 Å². The Bertz CT molecular complexity index is 791. The number of halogens is 3. The number of nitrogens with zero attached hydrogens (tertiary/aromatic N) is 1. The highest BCUT2D eigenvalue weighted by atomic mass is 19.4. The molecule has 1 saturated heterocycles. The Morgan fingerprint density at radius 2 is 2.27 bits per heavy atom. The Labute approximate surface area is 149 Å². The van der Waals surface area contributed by atoms with E-state index in [4.69, 9.17) is 11.1 Å². The lowest BCUT2D eigenvalue weighted by atomic mass is 9.87. The largest absolute Gasteiger partial charge is 0.573 e. The van der Waals surface area contributed by atoms with Crippen molar-refractivity contribution in [3.8, 4) is 5.75 Å². The number of fused-ring (bicyclic) bond motifs is 1. The van der Waals surface area contributed by atoms with E-state index in [1.807, 2.05) is 0 Å². The highest BCUT2D eigenvalue weighted by Crippen LogP contribution is 2.74. The number of pyridine rings is 1. The van der Waals surface area contributed by atoms with E-state index in [1.54, 1.807) is 6.08 Å².